The summed E-state index contributed by atoms with van der Waals surface area (Å²) in [6, 6.07) is 9.39. The Labute approximate surface area is 151 Å². The molecule has 0 bridgehead atoms. The number of halogens is 1. The van der Waals surface area contributed by atoms with Crippen molar-refractivity contribution in [3.8, 4) is 5.75 Å². The van der Waals surface area contributed by atoms with Gasteiger partial charge in [-0.3, -0.25) is 9.69 Å². The summed E-state index contributed by atoms with van der Waals surface area (Å²) in [4.78, 5) is 14.9. The molecular weight excluding hydrogens is 340 g/mol. The van der Waals surface area contributed by atoms with Gasteiger partial charge in [-0.2, -0.15) is 0 Å². The molecule has 1 amide bonds. The molecule has 0 saturated carbocycles. The molecule has 0 radical (unpaired) electrons. The molecule has 2 aromatic rings. The lowest BCUT2D eigenvalue weighted by atomic mass is 10.1. The van der Waals surface area contributed by atoms with Crippen LogP contribution in [0.5, 0.6) is 5.75 Å². The van der Waals surface area contributed by atoms with Crippen LogP contribution < -0.4 is 10.1 Å². The average molecular weight is 361 g/mol. The highest BCUT2D eigenvalue weighted by atomic mass is 35.5. The van der Waals surface area contributed by atoms with Gasteiger partial charge < -0.3 is 14.5 Å². The van der Waals surface area contributed by atoms with Crippen LogP contribution in [0.2, 0.25) is 5.02 Å². The smallest absolute Gasteiger partial charge is 0.261 e. The number of hydrogen-bond acceptors (Lipinski definition) is 4. The van der Waals surface area contributed by atoms with E-state index in [4.69, 9.17) is 20.8 Å². The second-order valence-corrected chi connectivity index (χ2v) is 7.02. The monoisotopic (exact) mass is 360 g/mol. The number of rotatable bonds is 5. The second-order valence-electron chi connectivity index (χ2n) is 6.58. The summed E-state index contributed by atoms with van der Waals surface area (Å²) in [5, 5.41) is 3.70. The number of amides is 1. The summed E-state index contributed by atoms with van der Waals surface area (Å²) in [7, 11) is 0. The molecule has 1 saturated heterocycles. The van der Waals surface area contributed by atoms with Gasteiger partial charge in [0.05, 0.1) is 12.3 Å². The lowest BCUT2D eigenvalue weighted by Gasteiger charge is -2.26. The number of likely N-dealkylation sites (tertiary alicyclic amines) is 1. The first-order chi connectivity index (χ1) is 12.2. The van der Waals surface area contributed by atoms with E-state index in [0.29, 0.717) is 18.0 Å². The third-order valence-corrected chi connectivity index (χ3v) is 5.15. The summed E-state index contributed by atoms with van der Waals surface area (Å²) < 4.78 is 11.4. The Bertz CT molecular complexity index is 741. The number of ether oxygens (including phenoxy) is 1. The lowest BCUT2D eigenvalue weighted by molar-refractivity contribution is -0.127. The fraction of sp³-hybridized carbons (Fsp3) is 0.421. The highest BCUT2D eigenvalue weighted by Gasteiger charge is 2.31. The zero-order chi connectivity index (χ0) is 17.2. The van der Waals surface area contributed by atoms with Gasteiger partial charge in [0, 0.05) is 18.0 Å². The quantitative estimate of drug-likeness (QED) is 0.889. The van der Waals surface area contributed by atoms with Crippen LogP contribution in [0.15, 0.2) is 41.0 Å². The summed E-state index contributed by atoms with van der Waals surface area (Å²) in [6.45, 7) is 2.58. The minimum atomic E-state index is -0.496. The maximum atomic E-state index is 12.6. The molecule has 2 aliphatic rings. The van der Waals surface area contributed by atoms with E-state index in [-0.39, 0.29) is 11.9 Å². The van der Waals surface area contributed by atoms with Gasteiger partial charge in [-0.15, -0.1) is 0 Å². The van der Waals surface area contributed by atoms with E-state index >= 15 is 0 Å². The van der Waals surface area contributed by atoms with Crippen molar-refractivity contribution in [3.63, 3.8) is 0 Å². The van der Waals surface area contributed by atoms with Crippen molar-refractivity contribution >= 4 is 17.5 Å². The van der Waals surface area contributed by atoms with Crippen LogP contribution >= 0.6 is 11.6 Å². The predicted molar refractivity (Wildman–Crippen MR) is 94.8 cm³/mol. The van der Waals surface area contributed by atoms with Crippen molar-refractivity contribution in [2.24, 2.45) is 0 Å². The third kappa shape index (κ3) is 3.53. The zero-order valence-corrected chi connectivity index (χ0v) is 14.7. The summed E-state index contributed by atoms with van der Waals surface area (Å²) in [5.74, 6) is 1.54. The van der Waals surface area contributed by atoms with Gasteiger partial charge in [-0.25, -0.2) is 0 Å². The van der Waals surface area contributed by atoms with Crippen LogP contribution in [0.1, 0.15) is 30.2 Å². The number of carbonyl (C=O) groups excluding carboxylic acids is 1. The number of carbonyl (C=O) groups is 1. The highest BCUT2D eigenvalue weighted by molar-refractivity contribution is 6.30. The van der Waals surface area contributed by atoms with Gasteiger partial charge in [-0.1, -0.05) is 11.6 Å². The van der Waals surface area contributed by atoms with Crippen molar-refractivity contribution in [1.82, 2.24) is 10.2 Å². The molecule has 3 heterocycles. The van der Waals surface area contributed by atoms with Crippen LogP contribution in [-0.4, -0.2) is 36.5 Å². The second kappa shape index (κ2) is 7.10. The lowest BCUT2D eigenvalue weighted by Crippen LogP contribution is -2.42. The Hall–Kier alpha value is -1.98. The van der Waals surface area contributed by atoms with E-state index in [1.165, 1.54) is 12.8 Å². The van der Waals surface area contributed by atoms with Crippen LogP contribution in [0.3, 0.4) is 0 Å². The standard InChI is InChI=1S/C19H21ClN2O3/c20-14-5-6-16-13(10-14)11-18(25-16)19(23)21-12-15(17-4-3-9-24-17)22-7-1-2-8-22/h3-6,9-10,15,18H,1-2,7-8,11-12H2,(H,21,23)/t15-,18-/m0/s1. The SMILES string of the molecule is O=C(NC[C@@H](c1ccco1)N1CCCC1)[C@@H]1Cc2cc(Cl)ccc2O1. The Balaban J connectivity index is 1.39. The minimum Gasteiger partial charge on any atom is -0.480 e. The molecular formula is C19H21ClN2O3. The van der Waals surface area contributed by atoms with Crippen LogP contribution in [0.25, 0.3) is 0 Å². The van der Waals surface area contributed by atoms with E-state index in [0.717, 1.165) is 30.2 Å². The van der Waals surface area contributed by atoms with Gasteiger partial charge in [0.2, 0.25) is 0 Å². The number of nitrogens with zero attached hydrogens (tertiary/aromatic N) is 1. The molecule has 2 aliphatic heterocycles. The van der Waals surface area contributed by atoms with Crippen molar-refractivity contribution in [3.05, 3.63) is 52.9 Å². The first-order valence-electron chi connectivity index (χ1n) is 8.71. The normalized spacial score (nSPS) is 20.9. The van der Waals surface area contributed by atoms with E-state index in [2.05, 4.69) is 10.2 Å². The Morgan fingerprint density at radius 2 is 2.16 bits per heavy atom. The first-order valence-corrected chi connectivity index (χ1v) is 9.09. The molecule has 6 heteroatoms. The molecule has 1 aromatic heterocycles. The van der Waals surface area contributed by atoms with E-state index in [1.807, 2.05) is 24.3 Å². The van der Waals surface area contributed by atoms with Gasteiger partial charge in [0.25, 0.3) is 5.91 Å². The number of fused-ring (bicyclic) bond motifs is 1. The number of furan rings is 1. The zero-order valence-electron chi connectivity index (χ0n) is 13.9. The van der Waals surface area contributed by atoms with E-state index < -0.39 is 6.10 Å². The van der Waals surface area contributed by atoms with Gasteiger partial charge in [0.15, 0.2) is 6.10 Å². The summed E-state index contributed by atoms with van der Waals surface area (Å²) in [6.07, 6.45) is 4.11. The number of nitrogens with one attached hydrogen (secondary N) is 1. The molecule has 1 aromatic carbocycles. The van der Waals surface area contributed by atoms with Crippen molar-refractivity contribution < 1.29 is 13.9 Å². The molecule has 2 atom stereocenters. The third-order valence-electron chi connectivity index (χ3n) is 4.91. The largest absolute Gasteiger partial charge is 0.480 e. The fourth-order valence-electron chi connectivity index (χ4n) is 3.62. The van der Waals surface area contributed by atoms with Gasteiger partial charge in [-0.05, 0) is 61.8 Å². The van der Waals surface area contributed by atoms with Crippen LogP contribution in [0.4, 0.5) is 0 Å². The van der Waals surface area contributed by atoms with E-state index in [9.17, 15) is 4.79 Å². The fourth-order valence-corrected chi connectivity index (χ4v) is 3.81. The Kier molecular flexibility index (Phi) is 4.68. The molecule has 1 N–H and O–H groups in total. The highest BCUT2D eigenvalue weighted by Crippen LogP contribution is 2.31. The van der Waals surface area contributed by atoms with Crippen molar-refractivity contribution in [2.75, 3.05) is 19.6 Å². The molecule has 1 fully saturated rings. The Morgan fingerprint density at radius 1 is 1.32 bits per heavy atom. The van der Waals surface area contributed by atoms with Crippen molar-refractivity contribution in [1.29, 1.82) is 0 Å². The first kappa shape index (κ1) is 16.5. The molecule has 0 spiro atoms. The average Bonchev–Trinajstić information content (AvgIpc) is 3.36. The van der Waals surface area contributed by atoms with E-state index in [1.54, 1.807) is 12.3 Å². The maximum Gasteiger partial charge on any atom is 0.261 e. The van der Waals surface area contributed by atoms with Crippen LogP contribution in [0, 0.1) is 0 Å². The minimum absolute atomic E-state index is 0.0691. The molecule has 5 nitrogen and oxygen atoms in total. The molecule has 132 valence electrons. The topological polar surface area (TPSA) is 54.7 Å². The Morgan fingerprint density at radius 3 is 2.92 bits per heavy atom. The molecule has 25 heavy (non-hydrogen) atoms. The summed E-state index contributed by atoms with van der Waals surface area (Å²) in [5.41, 5.74) is 0.981. The number of hydrogen-bond donors (Lipinski definition) is 1. The van der Waals surface area contributed by atoms with Gasteiger partial charge in [0.1, 0.15) is 11.5 Å². The number of benzene rings is 1. The predicted octanol–water partition coefficient (Wildman–Crippen LogP) is 3.19. The molecule has 0 aliphatic carbocycles. The summed E-state index contributed by atoms with van der Waals surface area (Å²) >= 11 is 6.01. The maximum absolute atomic E-state index is 12.6. The molecule has 0 unspecified atom stereocenters. The van der Waals surface area contributed by atoms with Crippen LogP contribution in [-0.2, 0) is 11.2 Å². The molecule has 4 rings (SSSR count). The van der Waals surface area contributed by atoms with Crippen molar-refractivity contribution in [2.45, 2.75) is 31.4 Å². The van der Waals surface area contributed by atoms with Gasteiger partial charge >= 0.3 is 0 Å².